The molecule has 0 bridgehead atoms. The van der Waals surface area contributed by atoms with Crippen LogP contribution in [0, 0.1) is 0 Å². The van der Waals surface area contributed by atoms with Crippen LogP contribution in [-0.4, -0.2) is 30.9 Å². The normalized spacial score (nSPS) is 16.3. The van der Waals surface area contributed by atoms with E-state index in [0.717, 1.165) is 25.2 Å². The zero-order valence-electron chi connectivity index (χ0n) is 13.4. The maximum absolute atomic E-state index is 12.1. The van der Waals surface area contributed by atoms with Crippen LogP contribution in [0.3, 0.4) is 0 Å². The van der Waals surface area contributed by atoms with Crippen molar-refractivity contribution >= 4 is 5.91 Å². The average Bonchev–Trinajstić information content (AvgIpc) is 2.45. The van der Waals surface area contributed by atoms with E-state index >= 15 is 0 Å². The zero-order chi connectivity index (χ0) is 15.5. The summed E-state index contributed by atoms with van der Waals surface area (Å²) in [6.07, 6.45) is 3.03. The smallest absolute Gasteiger partial charge is 0.269 e. The van der Waals surface area contributed by atoms with Crippen LogP contribution in [0.4, 0.5) is 0 Å². The van der Waals surface area contributed by atoms with Gasteiger partial charge in [0, 0.05) is 30.8 Å². The molecule has 0 saturated heterocycles. The van der Waals surface area contributed by atoms with Crippen molar-refractivity contribution in [1.29, 1.82) is 0 Å². The summed E-state index contributed by atoms with van der Waals surface area (Å²) < 4.78 is 0. The number of carbonyl (C=O) groups excluding carboxylic acids is 1. The molecular weight excluding hydrogens is 262 g/mol. The Hall–Kier alpha value is -1.81. The quantitative estimate of drug-likeness (QED) is 0.839. The number of nitrogens with one attached hydrogen (secondary N) is 2. The third-order valence-electron chi connectivity index (χ3n) is 3.76. The Kier molecular flexibility index (Phi) is 4.68. The van der Waals surface area contributed by atoms with Crippen molar-refractivity contribution in [3.63, 3.8) is 0 Å². The van der Waals surface area contributed by atoms with Gasteiger partial charge in [0.15, 0.2) is 0 Å². The third-order valence-corrected chi connectivity index (χ3v) is 3.76. The van der Waals surface area contributed by atoms with E-state index < -0.39 is 0 Å². The van der Waals surface area contributed by atoms with E-state index in [-0.39, 0.29) is 11.3 Å². The van der Waals surface area contributed by atoms with Crippen LogP contribution in [0.2, 0.25) is 0 Å². The third kappa shape index (κ3) is 4.33. The van der Waals surface area contributed by atoms with Crippen molar-refractivity contribution in [1.82, 2.24) is 15.8 Å². The standard InChI is InChI=1S/C17H25N3O/c1-17(2,3)14-7-5-13(6-8-14)16(21)19-18-15-9-11-20(4)12-10-15/h5-9,18H,10-12H2,1-4H3,(H,19,21). The zero-order valence-corrected chi connectivity index (χ0v) is 13.4. The van der Waals surface area contributed by atoms with Crippen LogP contribution in [0.15, 0.2) is 36.0 Å². The van der Waals surface area contributed by atoms with E-state index in [2.05, 4.69) is 49.6 Å². The summed E-state index contributed by atoms with van der Waals surface area (Å²) in [5.74, 6) is -0.102. The van der Waals surface area contributed by atoms with Crippen molar-refractivity contribution in [2.45, 2.75) is 32.6 Å². The molecule has 0 radical (unpaired) electrons. The van der Waals surface area contributed by atoms with Gasteiger partial charge in [-0.1, -0.05) is 32.9 Å². The SMILES string of the molecule is CN1CC=C(NNC(=O)c2ccc(C(C)(C)C)cc2)CC1. The highest BCUT2D eigenvalue weighted by Crippen LogP contribution is 2.22. The monoisotopic (exact) mass is 287 g/mol. The Morgan fingerprint density at radius 1 is 1.19 bits per heavy atom. The molecule has 0 unspecified atom stereocenters. The van der Waals surface area contributed by atoms with Gasteiger partial charge >= 0.3 is 0 Å². The number of hydrazine groups is 1. The lowest BCUT2D eigenvalue weighted by atomic mass is 9.87. The van der Waals surface area contributed by atoms with E-state index in [1.165, 1.54) is 5.56 Å². The van der Waals surface area contributed by atoms with Gasteiger partial charge in [0.1, 0.15) is 0 Å². The molecule has 0 spiro atoms. The number of amides is 1. The summed E-state index contributed by atoms with van der Waals surface area (Å²) in [6.45, 7) is 8.41. The second kappa shape index (κ2) is 6.31. The van der Waals surface area contributed by atoms with Gasteiger partial charge in [0.05, 0.1) is 0 Å². The highest BCUT2D eigenvalue weighted by molar-refractivity contribution is 5.93. The molecule has 0 aliphatic carbocycles. The number of benzene rings is 1. The van der Waals surface area contributed by atoms with E-state index in [1.54, 1.807) is 0 Å². The van der Waals surface area contributed by atoms with Gasteiger partial charge < -0.3 is 10.3 Å². The molecule has 2 rings (SSSR count). The average molecular weight is 287 g/mol. The molecule has 4 heteroatoms. The minimum atomic E-state index is -0.102. The Morgan fingerprint density at radius 3 is 2.38 bits per heavy atom. The molecule has 4 nitrogen and oxygen atoms in total. The van der Waals surface area contributed by atoms with E-state index in [9.17, 15) is 4.79 Å². The van der Waals surface area contributed by atoms with E-state index in [4.69, 9.17) is 0 Å². The number of likely N-dealkylation sites (N-methyl/N-ethyl adjacent to an activating group) is 1. The summed E-state index contributed by atoms with van der Waals surface area (Å²) in [5, 5.41) is 0. The van der Waals surface area contributed by atoms with Gasteiger partial charge in [0.25, 0.3) is 5.91 Å². The van der Waals surface area contributed by atoms with Crippen LogP contribution >= 0.6 is 0 Å². The second-order valence-electron chi connectivity index (χ2n) is 6.65. The molecule has 2 N–H and O–H groups in total. The lowest BCUT2D eigenvalue weighted by molar-refractivity contribution is 0.0937. The van der Waals surface area contributed by atoms with Gasteiger partial charge in [-0.3, -0.25) is 10.2 Å². The first-order chi connectivity index (χ1) is 9.86. The first kappa shape index (κ1) is 15.6. The molecule has 1 heterocycles. The molecule has 0 saturated carbocycles. The van der Waals surface area contributed by atoms with Crippen LogP contribution in [-0.2, 0) is 5.41 Å². The van der Waals surface area contributed by atoms with Gasteiger partial charge in [0.2, 0.25) is 0 Å². The van der Waals surface area contributed by atoms with Crippen LogP contribution in [0.25, 0.3) is 0 Å². The fourth-order valence-electron chi connectivity index (χ4n) is 2.22. The van der Waals surface area contributed by atoms with Gasteiger partial charge in [-0.15, -0.1) is 0 Å². The van der Waals surface area contributed by atoms with E-state index in [0.29, 0.717) is 5.56 Å². The predicted molar refractivity (Wildman–Crippen MR) is 85.9 cm³/mol. The first-order valence-electron chi connectivity index (χ1n) is 7.41. The van der Waals surface area contributed by atoms with Gasteiger partial charge in [-0.05, 0) is 36.2 Å². The molecule has 1 aliphatic rings. The first-order valence-corrected chi connectivity index (χ1v) is 7.41. The fraction of sp³-hybridized carbons (Fsp3) is 0.471. The van der Waals surface area contributed by atoms with Crippen molar-refractivity contribution in [2.75, 3.05) is 20.1 Å². The Labute approximate surface area is 127 Å². The maximum Gasteiger partial charge on any atom is 0.269 e. The van der Waals surface area contributed by atoms with Gasteiger partial charge in [-0.25, -0.2) is 0 Å². The molecule has 1 aliphatic heterocycles. The van der Waals surface area contributed by atoms with Crippen molar-refractivity contribution in [2.24, 2.45) is 0 Å². The largest absolute Gasteiger partial charge is 0.303 e. The number of hydrogen-bond acceptors (Lipinski definition) is 3. The Balaban J connectivity index is 1.92. The predicted octanol–water partition coefficient (Wildman–Crippen LogP) is 2.44. The summed E-state index contributed by atoms with van der Waals surface area (Å²) >= 11 is 0. The maximum atomic E-state index is 12.1. The van der Waals surface area contributed by atoms with Crippen LogP contribution in [0.1, 0.15) is 43.1 Å². The fourth-order valence-corrected chi connectivity index (χ4v) is 2.22. The summed E-state index contributed by atoms with van der Waals surface area (Å²) in [6, 6.07) is 7.79. The molecule has 1 aromatic carbocycles. The lowest BCUT2D eigenvalue weighted by Gasteiger charge is -2.23. The number of rotatable bonds is 3. The molecule has 0 aromatic heterocycles. The Bertz CT molecular complexity index is 526. The number of hydrogen-bond donors (Lipinski definition) is 2. The summed E-state index contributed by atoms with van der Waals surface area (Å²) in [4.78, 5) is 14.3. The second-order valence-corrected chi connectivity index (χ2v) is 6.65. The highest BCUT2D eigenvalue weighted by atomic mass is 16.2. The summed E-state index contributed by atoms with van der Waals surface area (Å²) in [5.41, 5.74) is 8.86. The van der Waals surface area contributed by atoms with Gasteiger partial charge in [-0.2, -0.15) is 0 Å². The van der Waals surface area contributed by atoms with Crippen molar-refractivity contribution in [3.8, 4) is 0 Å². The molecule has 0 fully saturated rings. The minimum Gasteiger partial charge on any atom is -0.303 e. The van der Waals surface area contributed by atoms with E-state index in [1.807, 2.05) is 24.3 Å². The molecule has 1 amide bonds. The van der Waals surface area contributed by atoms with Crippen LogP contribution in [0.5, 0.6) is 0 Å². The van der Waals surface area contributed by atoms with Crippen molar-refractivity contribution < 1.29 is 4.79 Å². The molecular formula is C17H25N3O. The molecule has 21 heavy (non-hydrogen) atoms. The Morgan fingerprint density at radius 2 is 1.86 bits per heavy atom. The van der Waals surface area contributed by atoms with Crippen molar-refractivity contribution in [3.05, 3.63) is 47.2 Å². The highest BCUT2D eigenvalue weighted by Gasteiger charge is 2.14. The molecule has 1 aromatic rings. The summed E-state index contributed by atoms with van der Waals surface area (Å²) in [7, 11) is 2.09. The topological polar surface area (TPSA) is 44.4 Å². The lowest BCUT2D eigenvalue weighted by Crippen LogP contribution is -2.39. The van der Waals surface area contributed by atoms with Crippen LogP contribution < -0.4 is 10.9 Å². The number of nitrogens with zero attached hydrogens (tertiary/aromatic N) is 1. The number of carbonyl (C=O) groups is 1. The molecule has 0 atom stereocenters. The molecule has 114 valence electrons. The minimum absolute atomic E-state index is 0.102.